The molecule has 0 heterocycles. The molecule has 8 unspecified atom stereocenters. The number of phosphoric acid groups is 2. The van der Waals surface area contributed by atoms with E-state index in [0.29, 0.717) is 25.7 Å². The minimum Gasteiger partial charge on any atom is -0.462 e. The maximum absolute atomic E-state index is 13.0. The number of hydrogen-bond donors (Lipinski definition) is 3. The minimum absolute atomic E-state index is 0.104. The van der Waals surface area contributed by atoms with Crippen molar-refractivity contribution in [2.24, 2.45) is 23.7 Å². The second-order valence-electron chi connectivity index (χ2n) is 25.9. The van der Waals surface area contributed by atoms with Gasteiger partial charge in [-0.05, 0) is 49.4 Å². The molecule has 0 radical (unpaired) electrons. The first-order valence-corrected chi connectivity index (χ1v) is 38.8. The van der Waals surface area contributed by atoms with Crippen LogP contribution in [0.4, 0.5) is 0 Å². The van der Waals surface area contributed by atoms with Gasteiger partial charge in [0.15, 0.2) is 12.2 Å². The number of hydrogen-bond acceptors (Lipinski definition) is 15. The van der Waals surface area contributed by atoms with Crippen LogP contribution in [0.1, 0.15) is 338 Å². The van der Waals surface area contributed by atoms with Gasteiger partial charge in [0.25, 0.3) is 0 Å². The van der Waals surface area contributed by atoms with Crippen molar-refractivity contribution in [1.82, 2.24) is 0 Å². The fraction of sp³-hybridized carbons (Fsp3) is 0.942. The quantitative estimate of drug-likeness (QED) is 0.0222. The van der Waals surface area contributed by atoms with Crippen molar-refractivity contribution >= 4 is 39.5 Å². The highest BCUT2D eigenvalue weighted by molar-refractivity contribution is 7.47. The number of carbonyl (C=O) groups is 4. The first kappa shape index (κ1) is 86.1. The summed E-state index contributed by atoms with van der Waals surface area (Å²) < 4.78 is 68.3. The van der Waals surface area contributed by atoms with E-state index < -0.39 is 97.5 Å². The summed E-state index contributed by atoms with van der Waals surface area (Å²) in [4.78, 5) is 72.5. The number of unbranched alkanes of at least 4 members (excludes halogenated alkanes) is 28. The summed E-state index contributed by atoms with van der Waals surface area (Å²) in [6, 6.07) is 0. The van der Waals surface area contributed by atoms with E-state index in [1.165, 1.54) is 141 Å². The molecule has 19 heteroatoms. The minimum atomic E-state index is -4.95. The zero-order valence-electron chi connectivity index (χ0n) is 57.3. The fourth-order valence-electron chi connectivity index (χ4n) is 10.2. The van der Waals surface area contributed by atoms with Crippen molar-refractivity contribution in [3.05, 3.63) is 0 Å². The topological polar surface area (TPSA) is 237 Å². The summed E-state index contributed by atoms with van der Waals surface area (Å²) in [5, 5.41) is 10.6. The van der Waals surface area contributed by atoms with E-state index in [-0.39, 0.29) is 25.7 Å². The number of aliphatic hydroxyl groups is 1. The van der Waals surface area contributed by atoms with Crippen LogP contribution in [0.3, 0.4) is 0 Å². The van der Waals surface area contributed by atoms with Gasteiger partial charge in [-0.25, -0.2) is 9.13 Å². The molecule has 0 rings (SSSR count). The summed E-state index contributed by atoms with van der Waals surface area (Å²) in [5.41, 5.74) is 0. The van der Waals surface area contributed by atoms with Crippen LogP contribution in [0.25, 0.3) is 0 Å². The zero-order valence-corrected chi connectivity index (χ0v) is 59.1. The Labute approximate surface area is 537 Å². The molecule has 8 atom stereocenters. The predicted octanol–water partition coefficient (Wildman–Crippen LogP) is 19.3. The average Bonchev–Trinajstić information content (AvgIpc) is 3.62. The van der Waals surface area contributed by atoms with Gasteiger partial charge in [-0.1, -0.05) is 287 Å². The third-order valence-electron chi connectivity index (χ3n) is 17.3. The molecule has 0 saturated carbocycles. The molecule has 0 aliphatic heterocycles. The highest BCUT2D eigenvalue weighted by atomic mass is 31.2. The second-order valence-corrected chi connectivity index (χ2v) is 28.8. The fourth-order valence-corrected chi connectivity index (χ4v) is 11.8. The van der Waals surface area contributed by atoms with Gasteiger partial charge in [0.2, 0.25) is 0 Å². The largest absolute Gasteiger partial charge is 0.472 e. The Kier molecular flexibility index (Phi) is 57.6. The molecule has 0 saturated heterocycles. The predicted molar refractivity (Wildman–Crippen MR) is 354 cm³/mol. The van der Waals surface area contributed by atoms with Crippen molar-refractivity contribution in [2.45, 2.75) is 356 Å². The van der Waals surface area contributed by atoms with Crippen LogP contribution in [0, 0.1) is 23.7 Å². The molecule has 88 heavy (non-hydrogen) atoms. The van der Waals surface area contributed by atoms with Crippen molar-refractivity contribution in [2.75, 3.05) is 39.6 Å². The molecule has 0 bridgehead atoms. The Balaban J connectivity index is 5.29. The molecule has 0 amide bonds. The SMILES string of the molecule is CCC(C)CCCCCCCCCCC(=O)OCC(COP(=O)(O)OCC(O)COP(=O)(O)OCC(COC(=O)CCCCCCCCCCC(C)CC)OC(=O)CCCCCCCCCCC(C)CC)OC(=O)CCCCCCCCCCC(C)CC. The van der Waals surface area contributed by atoms with Crippen LogP contribution in [-0.2, 0) is 65.4 Å². The first-order chi connectivity index (χ1) is 42.2. The lowest BCUT2D eigenvalue weighted by Crippen LogP contribution is -2.30. The molecular formula is C69H134O17P2. The molecule has 522 valence electrons. The number of esters is 4. The van der Waals surface area contributed by atoms with Crippen LogP contribution >= 0.6 is 15.6 Å². The lowest BCUT2D eigenvalue weighted by molar-refractivity contribution is -0.161. The number of aliphatic hydroxyl groups excluding tert-OH is 1. The molecular weight excluding hydrogens is 1160 g/mol. The van der Waals surface area contributed by atoms with E-state index in [2.05, 4.69) is 55.4 Å². The third-order valence-corrected chi connectivity index (χ3v) is 19.2. The van der Waals surface area contributed by atoms with Gasteiger partial charge in [-0.2, -0.15) is 0 Å². The van der Waals surface area contributed by atoms with Gasteiger partial charge in [0.05, 0.1) is 26.4 Å². The van der Waals surface area contributed by atoms with E-state index in [1.54, 1.807) is 0 Å². The van der Waals surface area contributed by atoms with Gasteiger partial charge in [-0.3, -0.25) is 37.3 Å². The zero-order chi connectivity index (χ0) is 65.4. The molecule has 0 fully saturated rings. The Morgan fingerprint density at radius 3 is 0.750 bits per heavy atom. The Morgan fingerprint density at radius 2 is 0.511 bits per heavy atom. The maximum atomic E-state index is 13.0. The first-order valence-electron chi connectivity index (χ1n) is 35.9. The summed E-state index contributed by atoms with van der Waals surface area (Å²) in [7, 11) is -9.90. The second kappa shape index (κ2) is 58.8. The number of ether oxygens (including phenoxy) is 4. The maximum Gasteiger partial charge on any atom is 0.472 e. The highest BCUT2D eigenvalue weighted by Gasteiger charge is 2.30. The lowest BCUT2D eigenvalue weighted by Gasteiger charge is -2.21. The molecule has 3 N–H and O–H groups in total. The van der Waals surface area contributed by atoms with Crippen molar-refractivity contribution < 1.29 is 80.2 Å². The Hall–Kier alpha value is -1.94. The van der Waals surface area contributed by atoms with E-state index in [0.717, 1.165) is 114 Å². The van der Waals surface area contributed by atoms with Crippen molar-refractivity contribution in [1.29, 1.82) is 0 Å². The van der Waals surface area contributed by atoms with Gasteiger partial charge >= 0.3 is 39.5 Å². The number of carbonyl (C=O) groups excluding carboxylic acids is 4. The number of rotatable bonds is 66. The summed E-state index contributed by atoms with van der Waals surface area (Å²) in [6.45, 7) is 14.1. The Bertz CT molecular complexity index is 1630. The molecule has 0 aliphatic rings. The summed E-state index contributed by atoms with van der Waals surface area (Å²) in [6.07, 6.45) is 40.1. The van der Waals surface area contributed by atoms with Crippen LogP contribution in [0.5, 0.6) is 0 Å². The average molecular weight is 1300 g/mol. The highest BCUT2D eigenvalue weighted by Crippen LogP contribution is 2.45. The van der Waals surface area contributed by atoms with Gasteiger partial charge < -0.3 is 33.8 Å². The lowest BCUT2D eigenvalue weighted by atomic mass is 9.99. The van der Waals surface area contributed by atoms with E-state index >= 15 is 0 Å². The molecule has 17 nitrogen and oxygen atoms in total. The molecule has 0 aromatic carbocycles. The van der Waals surface area contributed by atoms with Crippen LogP contribution in [0.2, 0.25) is 0 Å². The van der Waals surface area contributed by atoms with Gasteiger partial charge in [0, 0.05) is 25.7 Å². The van der Waals surface area contributed by atoms with Crippen LogP contribution < -0.4 is 0 Å². The third kappa shape index (κ3) is 57.9. The van der Waals surface area contributed by atoms with Crippen molar-refractivity contribution in [3.63, 3.8) is 0 Å². The molecule has 0 aromatic heterocycles. The standard InChI is InChI=1S/C69H134O17P2/c1-9-59(5)45-37-29-21-13-17-25-33-41-49-66(71)79-55-64(85-68(73)51-43-35-27-19-15-23-31-39-47-61(7)11-3)57-83-87(75,76)81-53-63(70)54-82-88(77,78)84-58-65(86-69(74)52-44-36-28-20-16-24-32-40-48-62(8)12-4)56-80-67(72)50-42-34-26-18-14-22-30-38-46-60(6)10-2/h59-65,70H,9-58H2,1-8H3,(H,75,76)(H,77,78). The Morgan fingerprint density at radius 1 is 0.307 bits per heavy atom. The van der Waals surface area contributed by atoms with E-state index in [4.69, 9.17) is 37.0 Å². The monoisotopic (exact) mass is 1300 g/mol. The molecule has 0 aliphatic carbocycles. The smallest absolute Gasteiger partial charge is 0.462 e. The summed E-state index contributed by atoms with van der Waals surface area (Å²) >= 11 is 0. The van der Waals surface area contributed by atoms with Gasteiger partial charge in [0.1, 0.15) is 19.3 Å². The van der Waals surface area contributed by atoms with Crippen LogP contribution in [0.15, 0.2) is 0 Å². The van der Waals surface area contributed by atoms with Crippen molar-refractivity contribution in [3.8, 4) is 0 Å². The van der Waals surface area contributed by atoms with E-state index in [9.17, 15) is 43.2 Å². The van der Waals surface area contributed by atoms with Gasteiger partial charge in [-0.15, -0.1) is 0 Å². The van der Waals surface area contributed by atoms with E-state index in [1.807, 2.05) is 0 Å². The number of phosphoric ester groups is 2. The van der Waals surface area contributed by atoms with Crippen LogP contribution in [-0.4, -0.2) is 96.7 Å². The normalized spacial score (nSPS) is 15.5. The summed E-state index contributed by atoms with van der Waals surface area (Å²) in [5.74, 6) is 0.961. The molecule has 0 aromatic rings. The molecule has 0 spiro atoms.